The zero-order chi connectivity index (χ0) is 14.8. The van der Waals surface area contributed by atoms with E-state index >= 15 is 0 Å². The van der Waals surface area contributed by atoms with Gasteiger partial charge in [0.25, 0.3) is 0 Å². The predicted molar refractivity (Wildman–Crippen MR) is 81.8 cm³/mol. The molecule has 1 fully saturated rings. The zero-order valence-electron chi connectivity index (χ0n) is 11.0. The summed E-state index contributed by atoms with van der Waals surface area (Å²) in [6.07, 6.45) is 0.616. The third kappa shape index (κ3) is 3.76. The summed E-state index contributed by atoms with van der Waals surface area (Å²) < 4.78 is 26.0. The topological polar surface area (TPSA) is 83.6 Å². The summed E-state index contributed by atoms with van der Waals surface area (Å²) in [5, 5.41) is 9.42. The van der Waals surface area contributed by atoms with E-state index in [2.05, 4.69) is 0 Å². The maximum atomic E-state index is 12.3. The lowest BCUT2D eigenvalue weighted by Gasteiger charge is -2.28. The third-order valence-electron chi connectivity index (χ3n) is 3.40. The van der Waals surface area contributed by atoms with E-state index in [0.717, 1.165) is 5.56 Å². The van der Waals surface area contributed by atoms with Gasteiger partial charge in [0.05, 0.1) is 11.9 Å². The van der Waals surface area contributed by atoms with Crippen molar-refractivity contribution in [3.05, 3.63) is 35.4 Å². The normalized spacial score (nSPS) is 18.1. The lowest BCUT2D eigenvalue weighted by atomic mass is 10.1. The van der Waals surface area contributed by atoms with Gasteiger partial charge in [0, 0.05) is 18.7 Å². The van der Waals surface area contributed by atoms with Crippen LogP contribution in [0.4, 0.5) is 0 Å². The van der Waals surface area contributed by atoms with Gasteiger partial charge in [0.1, 0.15) is 4.99 Å². The minimum absolute atomic E-state index is 0.0410. The molecule has 1 aliphatic rings. The first-order valence-electron chi connectivity index (χ1n) is 6.43. The summed E-state index contributed by atoms with van der Waals surface area (Å²) in [5.41, 5.74) is 6.93. The molecule has 0 aromatic heterocycles. The van der Waals surface area contributed by atoms with Gasteiger partial charge in [-0.2, -0.15) is 0 Å². The Labute approximate surface area is 124 Å². The van der Waals surface area contributed by atoms with Crippen LogP contribution in [-0.2, 0) is 15.8 Å². The largest absolute Gasteiger partial charge is 0.393 e. The van der Waals surface area contributed by atoms with Crippen molar-refractivity contribution in [3.8, 4) is 0 Å². The van der Waals surface area contributed by atoms with Crippen molar-refractivity contribution < 1.29 is 13.5 Å². The first-order valence-corrected chi connectivity index (χ1v) is 8.45. The molecule has 5 nitrogen and oxygen atoms in total. The van der Waals surface area contributed by atoms with Crippen LogP contribution >= 0.6 is 12.2 Å². The fourth-order valence-electron chi connectivity index (χ4n) is 2.19. The average Bonchev–Trinajstić information content (AvgIpc) is 2.39. The maximum Gasteiger partial charge on any atom is 0.218 e. The minimum Gasteiger partial charge on any atom is -0.393 e. The lowest BCUT2D eigenvalue weighted by Crippen LogP contribution is -2.40. The van der Waals surface area contributed by atoms with Gasteiger partial charge in [-0.3, -0.25) is 0 Å². The van der Waals surface area contributed by atoms with Crippen LogP contribution in [0.25, 0.3) is 0 Å². The molecule has 110 valence electrons. The molecule has 0 radical (unpaired) electrons. The molecule has 1 heterocycles. The van der Waals surface area contributed by atoms with Gasteiger partial charge in [-0.25, -0.2) is 12.7 Å². The highest BCUT2D eigenvalue weighted by molar-refractivity contribution is 7.88. The Balaban J connectivity index is 2.06. The van der Waals surface area contributed by atoms with E-state index < -0.39 is 10.0 Å². The number of nitrogens with two attached hydrogens (primary N) is 1. The molecular formula is C13H18N2O3S2. The lowest BCUT2D eigenvalue weighted by molar-refractivity contribution is 0.113. The number of benzene rings is 1. The summed E-state index contributed by atoms with van der Waals surface area (Å²) in [6.45, 7) is 0.767. The summed E-state index contributed by atoms with van der Waals surface area (Å²) >= 11 is 4.86. The Kier molecular flexibility index (Phi) is 4.74. The number of aliphatic hydroxyl groups is 1. The molecule has 3 N–H and O–H groups in total. The number of sulfonamides is 1. The van der Waals surface area contributed by atoms with Crippen molar-refractivity contribution in [2.24, 2.45) is 5.73 Å². The van der Waals surface area contributed by atoms with Gasteiger partial charge < -0.3 is 10.8 Å². The first-order chi connectivity index (χ1) is 9.38. The number of nitrogens with zero attached hydrogens (tertiary/aromatic N) is 1. The standard InChI is InChI=1S/C13H18N2O3S2/c14-13(19)11-3-1-10(2-4-11)9-20(17,18)15-7-5-12(16)6-8-15/h1-4,12,16H,5-9H2,(H2,14,19). The second kappa shape index (κ2) is 6.17. The smallest absolute Gasteiger partial charge is 0.218 e. The van der Waals surface area contributed by atoms with Crippen molar-refractivity contribution in [2.45, 2.75) is 24.7 Å². The highest BCUT2D eigenvalue weighted by atomic mass is 32.2. The molecule has 2 rings (SSSR count). The third-order valence-corrected chi connectivity index (χ3v) is 5.49. The number of hydrogen-bond acceptors (Lipinski definition) is 4. The summed E-state index contributed by atoms with van der Waals surface area (Å²) in [5.74, 6) is -0.0410. The van der Waals surface area contributed by atoms with Crippen LogP contribution in [0.1, 0.15) is 24.0 Å². The first kappa shape index (κ1) is 15.4. The summed E-state index contributed by atoms with van der Waals surface area (Å²) in [6, 6.07) is 6.91. The van der Waals surface area contributed by atoms with Crippen LogP contribution in [0, 0.1) is 0 Å². The summed E-state index contributed by atoms with van der Waals surface area (Å²) in [4.78, 5) is 0.296. The number of piperidine rings is 1. The van der Waals surface area contributed by atoms with Gasteiger partial charge in [0.2, 0.25) is 10.0 Å². The highest BCUT2D eigenvalue weighted by Gasteiger charge is 2.27. The predicted octanol–water partition coefficient (Wildman–Crippen LogP) is 0.607. The van der Waals surface area contributed by atoms with Gasteiger partial charge in [0.15, 0.2) is 0 Å². The number of rotatable bonds is 4. The van der Waals surface area contributed by atoms with Crippen molar-refractivity contribution in [3.63, 3.8) is 0 Å². The van der Waals surface area contributed by atoms with Crippen molar-refractivity contribution in [1.29, 1.82) is 0 Å². The minimum atomic E-state index is -3.33. The second-order valence-electron chi connectivity index (χ2n) is 4.95. The molecule has 1 aromatic rings. The zero-order valence-corrected chi connectivity index (χ0v) is 12.7. The molecule has 0 amide bonds. The molecule has 0 unspecified atom stereocenters. The van der Waals surface area contributed by atoms with E-state index in [9.17, 15) is 13.5 Å². The van der Waals surface area contributed by atoms with Crippen molar-refractivity contribution in [1.82, 2.24) is 4.31 Å². The highest BCUT2D eigenvalue weighted by Crippen LogP contribution is 2.17. The van der Waals surface area contributed by atoms with Crippen molar-refractivity contribution in [2.75, 3.05) is 13.1 Å². The molecule has 1 aliphatic heterocycles. The number of aliphatic hydroxyl groups excluding tert-OH is 1. The summed E-state index contributed by atoms with van der Waals surface area (Å²) in [7, 11) is -3.33. The van der Waals surface area contributed by atoms with Crippen LogP contribution in [0.15, 0.2) is 24.3 Å². The van der Waals surface area contributed by atoms with E-state index in [-0.39, 0.29) is 11.9 Å². The Morgan fingerprint density at radius 1 is 1.30 bits per heavy atom. The van der Waals surface area contributed by atoms with Gasteiger partial charge in [-0.05, 0) is 18.4 Å². The number of hydrogen-bond donors (Lipinski definition) is 2. The van der Waals surface area contributed by atoms with Crippen LogP contribution in [0.2, 0.25) is 0 Å². The molecule has 0 bridgehead atoms. The van der Waals surface area contributed by atoms with E-state index in [0.29, 0.717) is 36.5 Å². The van der Waals surface area contributed by atoms with E-state index in [1.54, 1.807) is 24.3 Å². The van der Waals surface area contributed by atoms with Crippen LogP contribution in [-0.4, -0.2) is 42.0 Å². The molecular weight excluding hydrogens is 296 g/mol. The molecule has 1 aromatic carbocycles. The van der Waals surface area contributed by atoms with E-state index in [1.165, 1.54) is 4.31 Å². The monoisotopic (exact) mass is 314 g/mol. The Hall–Kier alpha value is -1.02. The molecule has 0 atom stereocenters. The molecule has 7 heteroatoms. The maximum absolute atomic E-state index is 12.3. The van der Waals surface area contributed by atoms with Gasteiger partial charge in [-0.15, -0.1) is 0 Å². The van der Waals surface area contributed by atoms with E-state index in [4.69, 9.17) is 18.0 Å². The SMILES string of the molecule is NC(=S)c1ccc(CS(=O)(=O)N2CCC(O)CC2)cc1. The molecule has 1 saturated heterocycles. The van der Waals surface area contributed by atoms with Crippen LogP contribution in [0.3, 0.4) is 0 Å². The average molecular weight is 314 g/mol. The fourth-order valence-corrected chi connectivity index (χ4v) is 3.89. The Bertz CT molecular complexity index is 576. The fraction of sp³-hybridized carbons (Fsp3) is 0.462. The second-order valence-corrected chi connectivity index (χ2v) is 7.36. The quantitative estimate of drug-likeness (QED) is 0.796. The van der Waals surface area contributed by atoms with E-state index in [1.807, 2.05) is 0 Å². The van der Waals surface area contributed by atoms with Gasteiger partial charge in [-0.1, -0.05) is 36.5 Å². The molecule has 20 heavy (non-hydrogen) atoms. The van der Waals surface area contributed by atoms with Crippen LogP contribution < -0.4 is 5.73 Å². The molecule has 0 spiro atoms. The molecule has 0 aliphatic carbocycles. The van der Waals surface area contributed by atoms with Crippen molar-refractivity contribution >= 4 is 27.2 Å². The Morgan fingerprint density at radius 2 is 1.85 bits per heavy atom. The Morgan fingerprint density at radius 3 is 2.35 bits per heavy atom. The van der Waals surface area contributed by atoms with Gasteiger partial charge >= 0.3 is 0 Å². The van der Waals surface area contributed by atoms with Crippen LogP contribution in [0.5, 0.6) is 0 Å². The molecule has 0 saturated carbocycles. The number of thiocarbonyl (C=S) groups is 1.